The third-order valence-electron chi connectivity index (χ3n) is 16.0. The molecule has 0 saturated heterocycles. The molecular weight excluding hydrogens is 1070 g/mol. The highest BCUT2D eigenvalue weighted by molar-refractivity contribution is 6.13. The lowest BCUT2D eigenvalue weighted by Gasteiger charge is -2.39. The number of ketones is 4. The summed E-state index contributed by atoms with van der Waals surface area (Å²) in [4.78, 5) is 148. The second-order valence-corrected chi connectivity index (χ2v) is 22.2. The number of carbonyl (C=O) groups excluding carboxylic acids is 10. The average Bonchev–Trinajstić information content (AvgIpc) is 2.12. The third-order valence-corrected chi connectivity index (χ3v) is 16.0. The first-order valence-electron chi connectivity index (χ1n) is 28.9. The van der Waals surface area contributed by atoms with Crippen LogP contribution in [0.25, 0.3) is 16.5 Å². The summed E-state index contributed by atoms with van der Waals surface area (Å²) in [6, 6.07) is 7.72. The van der Waals surface area contributed by atoms with Crippen LogP contribution in [-0.2, 0) is 63.8 Å². The van der Waals surface area contributed by atoms with Crippen LogP contribution in [-0.4, -0.2) is 138 Å². The molecule has 2 aliphatic heterocycles. The summed E-state index contributed by atoms with van der Waals surface area (Å²) in [5.41, 5.74) is 23.7. The first-order valence-corrected chi connectivity index (χ1v) is 28.9. The minimum Gasteiger partial charge on any atom is -0.457 e. The Kier molecular flexibility index (Phi) is 23.1. The Morgan fingerprint density at radius 2 is 1.52 bits per heavy atom. The number of nitrogens with one attached hydrogen (secondary N) is 3. The first kappa shape index (κ1) is 64.2. The number of imide groups is 1. The Morgan fingerprint density at radius 1 is 0.831 bits per heavy atom. The number of nitrogens with two attached hydrogens (primary N) is 4. The van der Waals surface area contributed by atoms with E-state index in [4.69, 9.17) is 37.4 Å². The maximum Gasteiger partial charge on any atom is 0.355 e. The largest absolute Gasteiger partial charge is 0.457 e. The summed E-state index contributed by atoms with van der Waals surface area (Å²) in [5.74, 6) is -7.52. The highest BCUT2D eigenvalue weighted by atomic mass is 16.6. The molecule has 83 heavy (non-hydrogen) atoms. The van der Waals surface area contributed by atoms with E-state index >= 15 is 0 Å². The Balaban J connectivity index is 1.02. The van der Waals surface area contributed by atoms with Crippen LogP contribution in [0.15, 0.2) is 69.7 Å². The number of ether oxygens (including phenoxy) is 2. The minimum absolute atomic E-state index is 0.0227. The van der Waals surface area contributed by atoms with Gasteiger partial charge in [0.1, 0.15) is 12.4 Å². The van der Waals surface area contributed by atoms with Crippen LogP contribution in [0.4, 0.5) is 0 Å². The molecule has 1 aromatic heterocycles. The van der Waals surface area contributed by atoms with E-state index in [0.29, 0.717) is 49.8 Å². The number of pyridine rings is 1. The van der Waals surface area contributed by atoms with E-state index in [1.165, 1.54) is 12.2 Å². The summed E-state index contributed by atoms with van der Waals surface area (Å²) in [7, 11) is 0. The van der Waals surface area contributed by atoms with Crippen molar-refractivity contribution in [2.75, 3.05) is 39.3 Å². The molecule has 4 amide bonds. The van der Waals surface area contributed by atoms with Gasteiger partial charge in [-0.1, -0.05) is 52.3 Å². The number of rotatable bonds is 34. The highest BCUT2D eigenvalue weighted by Crippen LogP contribution is 2.48. The number of benzene rings is 1. The number of hydrogen-bond donors (Lipinski definition) is 7. The van der Waals surface area contributed by atoms with E-state index in [0.717, 1.165) is 21.4 Å². The van der Waals surface area contributed by atoms with Crippen molar-refractivity contribution in [1.82, 2.24) is 25.8 Å². The van der Waals surface area contributed by atoms with Crippen LogP contribution < -0.4 is 38.9 Å². The van der Waals surface area contributed by atoms with Crippen LogP contribution >= 0.6 is 0 Å². The molecule has 6 rings (SSSR count). The normalized spacial score (nSPS) is 18.9. The number of aliphatic imine (C=N–C) groups is 2. The highest BCUT2D eigenvalue weighted by Gasteiger charge is 2.54. The van der Waals surface area contributed by atoms with Crippen molar-refractivity contribution < 1.29 is 57.4 Å². The zero-order chi connectivity index (χ0) is 60.5. The zero-order valence-electron chi connectivity index (χ0n) is 48.3. The summed E-state index contributed by atoms with van der Waals surface area (Å²) in [6.45, 7) is 9.26. The Morgan fingerprint density at radius 3 is 2.18 bits per heavy atom. The fourth-order valence-corrected chi connectivity index (χ4v) is 10.9. The Bertz CT molecular complexity index is 2960. The van der Waals surface area contributed by atoms with Gasteiger partial charge in [0, 0.05) is 79.9 Å². The Labute approximate surface area is 483 Å². The molecule has 23 nitrogen and oxygen atoms in total. The van der Waals surface area contributed by atoms with Gasteiger partial charge in [0.2, 0.25) is 17.4 Å². The predicted molar refractivity (Wildman–Crippen MR) is 310 cm³/mol. The third kappa shape index (κ3) is 16.8. The molecule has 2 aliphatic carbocycles. The SMILES string of the molecule is CCC(CC(=O)CNCC(CC(=O)C(C)NC(=O)C(CCCN=C(N)N)CC(=O)C(CCCN=C(N)N)NC(=O)CCCCCN1C(=O)C=CC1=O)C(C)C)C(=O)O[C@]1(CC)C(=O)OCC2=C1C=C1c3nc4ccccc4cc3CC1C2=O. The lowest BCUT2D eigenvalue weighted by molar-refractivity contribution is -0.183. The van der Waals surface area contributed by atoms with E-state index in [1.54, 1.807) is 26.8 Å². The lowest BCUT2D eigenvalue weighted by atomic mass is 9.75. The van der Waals surface area contributed by atoms with Crippen molar-refractivity contribution in [3.05, 3.63) is 71.0 Å². The topological polar surface area (TPSA) is 370 Å². The number of unbranched alkanes of at least 4 members (excludes halogenated alkanes) is 2. The first-order chi connectivity index (χ1) is 39.6. The van der Waals surface area contributed by atoms with E-state index in [-0.39, 0.29) is 155 Å². The van der Waals surface area contributed by atoms with Crippen molar-refractivity contribution >= 4 is 87.1 Å². The molecule has 0 spiro atoms. The molecule has 0 fully saturated rings. The number of allylic oxidation sites excluding steroid dienone is 1. The number of carbonyl (C=O) groups is 10. The Hall–Kier alpha value is -7.95. The molecule has 6 unspecified atom stereocenters. The van der Waals surface area contributed by atoms with Crippen LogP contribution in [0.2, 0.25) is 0 Å². The van der Waals surface area contributed by atoms with Crippen molar-refractivity contribution in [3.63, 3.8) is 0 Å². The molecule has 3 heterocycles. The number of hydrogen-bond acceptors (Lipinski definition) is 16. The molecule has 0 radical (unpaired) electrons. The number of nitrogens with zero attached hydrogens (tertiary/aromatic N) is 4. The summed E-state index contributed by atoms with van der Waals surface area (Å²) in [5, 5.41) is 9.69. The van der Waals surface area contributed by atoms with Crippen LogP contribution in [0.3, 0.4) is 0 Å². The standard InChI is InChI=1S/C60H81N11O12/c1-6-36(56(80)83-60(7-2)45-30-42-43(54(78)44(45)33-82-57(60)81)27-39-25-37-15-10-11-17-46(37)70-53(39)42)26-41(72)32-65-31-40(34(3)4)29-48(73)35(5)68-55(79)38(16-13-22-66-58(61)62)28-49(74)47(18-14-23-67-59(63)64)69-50(75)19-9-8-12-24-71-51(76)20-21-52(71)77/h10-11,15,17,20-21,25,30,34-36,38,40,43,47,65H,6-9,12-14,16,18-19,22-24,26-29,31-33H2,1-5H3,(H,68,79)(H,69,75)(H4,61,62,66)(H4,63,64,67)/t35?,36?,38?,40?,43?,47?,60-/m0/s1. The van der Waals surface area contributed by atoms with Gasteiger partial charge >= 0.3 is 11.9 Å². The molecule has 0 bridgehead atoms. The van der Waals surface area contributed by atoms with Gasteiger partial charge in [-0.2, -0.15) is 0 Å². The van der Waals surface area contributed by atoms with E-state index in [1.807, 2.05) is 44.2 Å². The molecule has 4 aliphatic rings. The van der Waals surface area contributed by atoms with Gasteiger partial charge in [0.25, 0.3) is 11.8 Å². The van der Waals surface area contributed by atoms with Crippen molar-refractivity contribution in [2.24, 2.45) is 62.5 Å². The second kappa shape index (κ2) is 29.9. The summed E-state index contributed by atoms with van der Waals surface area (Å²) < 4.78 is 11.7. The van der Waals surface area contributed by atoms with Gasteiger partial charge in [0.15, 0.2) is 29.3 Å². The van der Waals surface area contributed by atoms with Gasteiger partial charge in [-0.05, 0) is 112 Å². The van der Waals surface area contributed by atoms with Crippen LogP contribution in [0.1, 0.15) is 129 Å². The van der Waals surface area contributed by atoms with E-state index in [2.05, 4.69) is 25.9 Å². The van der Waals surface area contributed by atoms with Crippen molar-refractivity contribution in [1.29, 1.82) is 0 Å². The quantitative estimate of drug-likeness (QED) is 0.0174. The molecule has 23 heteroatoms. The monoisotopic (exact) mass is 1150 g/mol. The molecule has 448 valence electrons. The molecule has 7 atom stereocenters. The second-order valence-electron chi connectivity index (χ2n) is 22.2. The maximum absolute atomic E-state index is 14.1. The number of guanidine groups is 2. The number of cyclic esters (lactones) is 1. The number of esters is 2. The number of aromatic nitrogens is 1. The minimum atomic E-state index is -1.92. The fraction of sp³-hybridized carbons (Fsp3) is 0.550. The van der Waals surface area contributed by atoms with Crippen molar-refractivity contribution in [2.45, 2.75) is 142 Å². The molecule has 0 saturated carbocycles. The molecular formula is C60H81N11O12. The van der Waals surface area contributed by atoms with Gasteiger partial charge < -0.3 is 48.4 Å². The maximum atomic E-state index is 14.1. The smallest absolute Gasteiger partial charge is 0.355 e. The number of amides is 4. The zero-order valence-corrected chi connectivity index (χ0v) is 48.3. The van der Waals surface area contributed by atoms with Gasteiger partial charge in [0.05, 0.1) is 41.7 Å². The summed E-state index contributed by atoms with van der Waals surface area (Å²) in [6.07, 6.45) is 6.86. The molecule has 11 N–H and O–H groups in total. The van der Waals surface area contributed by atoms with Crippen LogP contribution in [0, 0.1) is 29.6 Å². The summed E-state index contributed by atoms with van der Waals surface area (Å²) >= 11 is 0. The number of para-hydroxylation sites is 1. The van der Waals surface area contributed by atoms with E-state index < -0.39 is 65.0 Å². The predicted octanol–water partition coefficient (Wildman–Crippen LogP) is 2.88. The number of Topliss-reactive ketones (excluding diaryl/α,β-unsaturated/α-hetero) is 4. The lowest BCUT2D eigenvalue weighted by Crippen LogP contribution is -2.52. The van der Waals surface area contributed by atoms with E-state index in [9.17, 15) is 47.9 Å². The number of fused-ring (bicyclic) bond motifs is 4. The fourth-order valence-electron chi connectivity index (χ4n) is 10.9. The average molecular weight is 1150 g/mol. The van der Waals surface area contributed by atoms with Gasteiger partial charge in [-0.15, -0.1) is 0 Å². The molecule has 1 aromatic carbocycles. The van der Waals surface area contributed by atoms with Crippen molar-refractivity contribution in [3.8, 4) is 0 Å². The van der Waals surface area contributed by atoms with Gasteiger partial charge in [-0.25, -0.2) is 9.78 Å². The molecule has 2 aromatic rings. The van der Waals surface area contributed by atoms with Crippen LogP contribution in [0.5, 0.6) is 0 Å². The van der Waals surface area contributed by atoms with Gasteiger partial charge in [-0.3, -0.25) is 58.0 Å².